The van der Waals surface area contributed by atoms with Gasteiger partial charge in [-0.3, -0.25) is 4.98 Å². The highest BCUT2D eigenvalue weighted by atomic mass is 32.2. The summed E-state index contributed by atoms with van der Waals surface area (Å²) in [6.07, 6.45) is 6.51. The number of aryl methyl sites for hydroxylation is 1. The molecule has 1 aromatic carbocycles. The molecule has 8 heteroatoms. The van der Waals surface area contributed by atoms with Crippen LogP contribution in [-0.2, 0) is 16.6 Å². The number of hydrogen-bond donors (Lipinski definition) is 1. The zero-order valence-corrected chi connectivity index (χ0v) is 14.4. The molecule has 0 atom stereocenters. The normalized spacial score (nSPS) is 11.9. The van der Waals surface area contributed by atoms with E-state index in [1.54, 1.807) is 35.4 Å². The third kappa shape index (κ3) is 4.82. The molecule has 1 N–H and O–H groups in total. The molecule has 0 aliphatic heterocycles. The van der Waals surface area contributed by atoms with Gasteiger partial charge in [0.1, 0.15) is 0 Å². The number of benzene rings is 1. The minimum Gasteiger partial charge on any atom is -0.262 e. The minimum absolute atomic E-state index is 0.0564. The Kier molecular flexibility index (Phi) is 5.01. The number of hydrogen-bond acceptors (Lipinski definition) is 5. The Balaban J connectivity index is 1.62. The quantitative estimate of drug-likeness (QED) is 0.731. The molecule has 3 aromatic rings. The molecule has 2 heterocycles. The van der Waals surface area contributed by atoms with E-state index in [2.05, 4.69) is 20.0 Å². The molecule has 0 aliphatic rings. The highest BCUT2D eigenvalue weighted by Crippen LogP contribution is 2.07. The van der Waals surface area contributed by atoms with Crippen LogP contribution in [-0.4, -0.2) is 28.4 Å². The molecule has 128 valence electrons. The van der Waals surface area contributed by atoms with Crippen molar-refractivity contribution in [2.24, 2.45) is 0 Å². The van der Waals surface area contributed by atoms with Crippen LogP contribution in [0.1, 0.15) is 16.8 Å². The Morgan fingerprint density at radius 2 is 2.00 bits per heavy atom. The Labute approximate surface area is 146 Å². The molecule has 0 saturated carbocycles. The van der Waals surface area contributed by atoms with Gasteiger partial charge in [0.2, 0.25) is 10.0 Å². The number of nitrogens with zero attached hydrogens (tertiary/aromatic N) is 4. The lowest BCUT2D eigenvalue weighted by molar-refractivity contribution is 0.590. The highest BCUT2D eigenvalue weighted by molar-refractivity contribution is 7.92. The van der Waals surface area contributed by atoms with Gasteiger partial charge in [-0.2, -0.15) is 0 Å². The number of rotatable bonds is 6. The number of pyridine rings is 1. The number of nitrogens with one attached hydrogen (secondary N) is 1. The Morgan fingerprint density at radius 3 is 2.72 bits per heavy atom. The first kappa shape index (κ1) is 17.0. The lowest BCUT2D eigenvalue weighted by Crippen LogP contribution is -2.20. The monoisotopic (exact) mass is 355 g/mol. The van der Waals surface area contributed by atoms with Gasteiger partial charge in [-0.1, -0.05) is 35.0 Å². The average molecular weight is 355 g/mol. The molecule has 7 nitrogen and oxygen atoms in total. The summed E-state index contributed by atoms with van der Waals surface area (Å²) in [5.41, 5.74) is 3.20. The van der Waals surface area contributed by atoms with Crippen LogP contribution in [0.3, 0.4) is 0 Å². The van der Waals surface area contributed by atoms with E-state index in [1.807, 2.05) is 37.3 Å². The maximum atomic E-state index is 12.1. The van der Waals surface area contributed by atoms with E-state index in [4.69, 9.17) is 0 Å². The molecule has 0 aliphatic carbocycles. The summed E-state index contributed by atoms with van der Waals surface area (Å²) in [6.45, 7) is 2.03. The largest absolute Gasteiger partial charge is 0.262 e. The van der Waals surface area contributed by atoms with Crippen LogP contribution in [0.2, 0.25) is 0 Å². The molecule has 0 unspecified atom stereocenters. The van der Waals surface area contributed by atoms with Gasteiger partial charge in [-0.15, -0.1) is 5.10 Å². The van der Waals surface area contributed by atoms with Crippen molar-refractivity contribution in [3.63, 3.8) is 0 Å². The summed E-state index contributed by atoms with van der Waals surface area (Å²) in [5.74, 6) is 0. The fourth-order valence-corrected chi connectivity index (χ4v) is 2.84. The molecular formula is C17H17N5O2S. The topological polar surface area (TPSA) is 89.8 Å². The van der Waals surface area contributed by atoms with E-state index in [0.29, 0.717) is 5.69 Å². The molecule has 0 amide bonds. The van der Waals surface area contributed by atoms with Crippen LogP contribution in [0.25, 0.3) is 11.8 Å². The summed E-state index contributed by atoms with van der Waals surface area (Å²) in [5, 5.41) is 9.06. The molecule has 3 rings (SSSR count). The average Bonchev–Trinajstić information content (AvgIpc) is 3.10. The summed E-state index contributed by atoms with van der Waals surface area (Å²) >= 11 is 0. The summed E-state index contributed by atoms with van der Waals surface area (Å²) < 4.78 is 28.1. The lowest BCUT2D eigenvalue weighted by atomic mass is 10.2. The van der Waals surface area contributed by atoms with Crippen molar-refractivity contribution in [1.29, 1.82) is 0 Å². The van der Waals surface area contributed by atoms with Gasteiger partial charge in [0.05, 0.1) is 30.3 Å². The first-order valence-electron chi connectivity index (χ1n) is 7.58. The molecular weight excluding hydrogens is 338 g/mol. The maximum Gasteiger partial charge on any atom is 0.234 e. The van der Waals surface area contributed by atoms with Crippen LogP contribution in [0.5, 0.6) is 0 Å². The first-order chi connectivity index (χ1) is 12.0. The van der Waals surface area contributed by atoms with Crippen molar-refractivity contribution >= 4 is 16.1 Å². The lowest BCUT2D eigenvalue weighted by Gasteiger charge is -2.00. The molecule has 0 radical (unpaired) electrons. The van der Waals surface area contributed by atoms with Crippen LogP contribution in [0.15, 0.2) is 60.4 Å². The third-order valence-electron chi connectivity index (χ3n) is 3.42. The van der Waals surface area contributed by atoms with E-state index >= 15 is 0 Å². The minimum atomic E-state index is -3.56. The predicted molar refractivity (Wildman–Crippen MR) is 95.1 cm³/mol. The van der Waals surface area contributed by atoms with Gasteiger partial charge in [0.15, 0.2) is 0 Å². The van der Waals surface area contributed by atoms with E-state index in [1.165, 1.54) is 0 Å². The molecule has 0 fully saturated rings. The third-order valence-corrected chi connectivity index (χ3v) is 4.46. The van der Waals surface area contributed by atoms with Gasteiger partial charge in [-0.05, 0) is 30.7 Å². The van der Waals surface area contributed by atoms with E-state index in [-0.39, 0.29) is 6.54 Å². The molecule has 0 bridgehead atoms. The van der Waals surface area contributed by atoms with Gasteiger partial charge < -0.3 is 0 Å². The van der Waals surface area contributed by atoms with Gasteiger partial charge >= 0.3 is 0 Å². The van der Waals surface area contributed by atoms with Crippen molar-refractivity contribution < 1.29 is 8.42 Å². The van der Waals surface area contributed by atoms with E-state index in [9.17, 15) is 8.42 Å². The first-order valence-corrected chi connectivity index (χ1v) is 9.12. The molecule has 0 spiro atoms. The van der Waals surface area contributed by atoms with Crippen LogP contribution >= 0.6 is 0 Å². The smallest absolute Gasteiger partial charge is 0.234 e. The van der Waals surface area contributed by atoms with Gasteiger partial charge in [0.25, 0.3) is 0 Å². The number of aromatic nitrogens is 4. The molecule has 25 heavy (non-hydrogen) atoms. The molecule has 2 aromatic heterocycles. The second-order valence-electron chi connectivity index (χ2n) is 5.45. The zero-order valence-electron chi connectivity index (χ0n) is 13.6. The maximum absolute atomic E-state index is 12.1. The zero-order chi connectivity index (χ0) is 17.7. The van der Waals surface area contributed by atoms with Crippen LogP contribution in [0.4, 0.5) is 0 Å². The second kappa shape index (κ2) is 7.37. The summed E-state index contributed by atoms with van der Waals surface area (Å²) in [6, 6.07) is 11.2. The van der Waals surface area contributed by atoms with Crippen LogP contribution < -0.4 is 4.72 Å². The fourth-order valence-electron chi connectivity index (χ4n) is 2.06. The van der Waals surface area contributed by atoms with Crippen molar-refractivity contribution in [3.05, 3.63) is 77.2 Å². The van der Waals surface area contributed by atoms with Crippen molar-refractivity contribution in [3.8, 4) is 5.69 Å². The van der Waals surface area contributed by atoms with Crippen molar-refractivity contribution in [2.75, 3.05) is 0 Å². The fraction of sp³-hybridized carbons (Fsp3) is 0.118. The highest BCUT2D eigenvalue weighted by Gasteiger charge is 2.08. The van der Waals surface area contributed by atoms with Crippen LogP contribution in [0, 0.1) is 6.92 Å². The van der Waals surface area contributed by atoms with Gasteiger partial charge in [0, 0.05) is 11.6 Å². The van der Waals surface area contributed by atoms with E-state index < -0.39 is 10.0 Å². The van der Waals surface area contributed by atoms with Gasteiger partial charge in [-0.25, -0.2) is 17.8 Å². The second-order valence-corrected chi connectivity index (χ2v) is 7.10. The summed E-state index contributed by atoms with van der Waals surface area (Å²) in [7, 11) is -3.56. The molecule has 0 saturated heterocycles. The Morgan fingerprint density at radius 1 is 1.20 bits per heavy atom. The SMILES string of the molecule is Cc1ccc(/C=C/S(=O)(=O)NCc2cn(-c3cccnc3)nn2)cc1. The number of sulfonamides is 1. The Hall–Kier alpha value is -2.84. The van der Waals surface area contributed by atoms with E-state index in [0.717, 1.165) is 22.2 Å². The summed E-state index contributed by atoms with van der Waals surface area (Å²) in [4.78, 5) is 4.00. The van der Waals surface area contributed by atoms with Crippen molar-refractivity contribution in [1.82, 2.24) is 24.7 Å². The standard InChI is InChI=1S/C17H17N5O2S/c1-14-4-6-15(7-5-14)8-10-25(23,24)19-11-16-13-22(21-20-16)17-3-2-9-18-12-17/h2-10,12-13,19H,11H2,1H3/b10-8+. The van der Waals surface area contributed by atoms with Crippen molar-refractivity contribution in [2.45, 2.75) is 13.5 Å². The Bertz CT molecular complexity index is 964. The predicted octanol–water partition coefficient (Wildman–Crippen LogP) is 2.06.